The molecule has 1 aliphatic heterocycles. The molecule has 5 nitrogen and oxygen atoms in total. The molecule has 1 aromatic carbocycles. The molecule has 0 amide bonds. The van der Waals surface area contributed by atoms with Crippen molar-refractivity contribution in [1.82, 2.24) is 10.6 Å². The van der Waals surface area contributed by atoms with Crippen molar-refractivity contribution in [2.24, 2.45) is 10.9 Å². The summed E-state index contributed by atoms with van der Waals surface area (Å²) in [7, 11) is 0. The number of nitrogens with one attached hydrogen (secondary N) is 2. The molecule has 0 radical (unpaired) electrons. The molecule has 3 N–H and O–H groups in total. The van der Waals surface area contributed by atoms with Gasteiger partial charge in [-0.3, -0.25) is 0 Å². The molecule has 1 saturated heterocycles. The second-order valence-corrected chi connectivity index (χ2v) is 7.94. The maximum absolute atomic E-state index is 9.28. The number of hydrogen-bond donors (Lipinski definition) is 3. The molecular formula is C21H30N4OS. The van der Waals surface area contributed by atoms with Crippen LogP contribution in [0.25, 0.3) is 0 Å². The zero-order chi connectivity index (χ0) is 18.9. The summed E-state index contributed by atoms with van der Waals surface area (Å²) in [5.74, 6) is 1.32. The highest BCUT2D eigenvalue weighted by Crippen LogP contribution is 2.23. The summed E-state index contributed by atoms with van der Waals surface area (Å²) in [5.41, 5.74) is 2.47. The SMILES string of the molecule is CCNC(=NCc1ccc(N2CCC(CO)CC2)cc1)NCc1cccs1. The Morgan fingerprint density at radius 3 is 2.59 bits per heavy atom. The second kappa shape index (κ2) is 10.3. The highest BCUT2D eigenvalue weighted by atomic mass is 32.1. The van der Waals surface area contributed by atoms with Gasteiger partial charge in [0.05, 0.1) is 13.1 Å². The van der Waals surface area contributed by atoms with E-state index in [4.69, 9.17) is 4.99 Å². The number of rotatable bonds is 7. The van der Waals surface area contributed by atoms with Crippen molar-refractivity contribution < 1.29 is 5.11 Å². The highest BCUT2D eigenvalue weighted by molar-refractivity contribution is 7.09. The van der Waals surface area contributed by atoms with Crippen LogP contribution in [0.5, 0.6) is 0 Å². The van der Waals surface area contributed by atoms with Crippen LogP contribution in [0.4, 0.5) is 5.69 Å². The Labute approximate surface area is 166 Å². The van der Waals surface area contributed by atoms with Gasteiger partial charge in [0.1, 0.15) is 0 Å². The number of benzene rings is 1. The second-order valence-electron chi connectivity index (χ2n) is 6.91. The molecule has 1 aromatic heterocycles. The van der Waals surface area contributed by atoms with Gasteiger partial charge in [0.25, 0.3) is 0 Å². The molecule has 1 fully saturated rings. The smallest absolute Gasteiger partial charge is 0.191 e. The van der Waals surface area contributed by atoms with Gasteiger partial charge < -0.3 is 20.6 Å². The van der Waals surface area contributed by atoms with Crippen molar-refractivity contribution in [3.8, 4) is 0 Å². The third-order valence-electron chi connectivity index (χ3n) is 4.95. The molecule has 0 saturated carbocycles. The van der Waals surface area contributed by atoms with Crippen molar-refractivity contribution in [3.63, 3.8) is 0 Å². The largest absolute Gasteiger partial charge is 0.396 e. The molecule has 0 aliphatic carbocycles. The standard InChI is InChI=1S/C21H30N4OS/c1-2-22-21(24-15-20-4-3-13-27-20)23-14-17-5-7-19(8-6-17)25-11-9-18(16-26)10-12-25/h3-8,13,18,26H,2,9-12,14-16H2,1H3,(H2,22,23,24). The lowest BCUT2D eigenvalue weighted by Gasteiger charge is -2.32. The number of piperidine rings is 1. The Bertz CT molecular complexity index is 691. The predicted molar refractivity (Wildman–Crippen MR) is 114 cm³/mol. The lowest BCUT2D eigenvalue weighted by molar-refractivity contribution is 0.203. The van der Waals surface area contributed by atoms with Gasteiger partial charge in [0.15, 0.2) is 5.96 Å². The topological polar surface area (TPSA) is 59.9 Å². The maximum Gasteiger partial charge on any atom is 0.191 e. The molecule has 2 heterocycles. The summed E-state index contributed by atoms with van der Waals surface area (Å²) >= 11 is 1.75. The molecule has 27 heavy (non-hydrogen) atoms. The van der Waals surface area contributed by atoms with Crippen LogP contribution in [-0.4, -0.2) is 37.3 Å². The number of thiophene rings is 1. The summed E-state index contributed by atoms with van der Waals surface area (Å²) in [5, 5.41) is 18.1. The zero-order valence-corrected chi connectivity index (χ0v) is 16.8. The van der Waals surface area contributed by atoms with E-state index >= 15 is 0 Å². The summed E-state index contributed by atoms with van der Waals surface area (Å²) < 4.78 is 0. The van der Waals surface area contributed by atoms with Crippen molar-refractivity contribution in [1.29, 1.82) is 0 Å². The first-order chi connectivity index (χ1) is 13.3. The quantitative estimate of drug-likeness (QED) is 0.505. The van der Waals surface area contributed by atoms with Gasteiger partial charge in [0.2, 0.25) is 0 Å². The summed E-state index contributed by atoms with van der Waals surface area (Å²) in [6, 6.07) is 12.9. The molecular weight excluding hydrogens is 356 g/mol. The van der Waals surface area contributed by atoms with E-state index in [9.17, 15) is 5.11 Å². The van der Waals surface area contributed by atoms with Gasteiger partial charge in [0, 0.05) is 36.8 Å². The lowest BCUT2D eigenvalue weighted by atomic mass is 9.97. The third-order valence-corrected chi connectivity index (χ3v) is 5.82. The van der Waals surface area contributed by atoms with E-state index in [1.165, 1.54) is 16.1 Å². The third kappa shape index (κ3) is 5.97. The summed E-state index contributed by atoms with van der Waals surface area (Å²) in [6.45, 7) is 6.76. The van der Waals surface area contributed by atoms with Crippen LogP contribution in [0, 0.1) is 5.92 Å². The number of aliphatic hydroxyl groups excluding tert-OH is 1. The first-order valence-corrected chi connectivity index (χ1v) is 10.7. The van der Waals surface area contributed by atoms with E-state index in [2.05, 4.69) is 64.2 Å². The zero-order valence-electron chi connectivity index (χ0n) is 16.0. The molecule has 1 aliphatic rings. The molecule has 3 rings (SSSR count). The van der Waals surface area contributed by atoms with E-state index in [-0.39, 0.29) is 0 Å². The fourth-order valence-electron chi connectivity index (χ4n) is 3.28. The van der Waals surface area contributed by atoms with Gasteiger partial charge in [-0.25, -0.2) is 4.99 Å². The average molecular weight is 387 g/mol. The minimum absolute atomic E-state index is 0.319. The number of aliphatic imine (C=N–C) groups is 1. The van der Waals surface area contributed by atoms with Crippen LogP contribution in [0.1, 0.15) is 30.2 Å². The summed E-state index contributed by atoms with van der Waals surface area (Å²) in [6.07, 6.45) is 2.15. The minimum atomic E-state index is 0.319. The molecule has 0 spiro atoms. The maximum atomic E-state index is 9.28. The number of anilines is 1. The molecule has 0 bridgehead atoms. The van der Waals surface area contributed by atoms with E-state index in [0.717, 1.165) is 45.0 Å². The molecule has 0 unspecified atom stereocenters. The van der Waals surface area contributed by atoms with Crippen LogP contribution < -0.4 is 15.5 Å². The number of nitrogens with zero attached hydrogens (tertiary/aromatic N) is 2. The molecule has 0 atom stereocenters. The van der Waals surface area contributed by atoms with E-state index < -0.39 is 0 Å². The van der Waals surface area contributed by atoms with Crippen LogP contribution in [0.2, 0.25) is 0 Å². The van der Waals surface area contributed by atoms with Gasteiger partial charge in [-0.1, -0.05) is 18.2 Å². The van der Waals surface area contributed by atoms with Crippen LogP contribution >= 0.6 is 11.3 Å². The summed E-state index contributed by atoms with van der Waals surface area (Å²) in [4.78, 5) is 8.41. The van der Waals surface area contributed by atoms with E-state index in [1.54, 1.807) is 11.3 Å². The molecule has 2 aromatic rings. The van der Waals surface area contributed by atoms with Crippen molar-refractivity contribution in [3.05, 3.63) is 52.2 Å². The van der Waals surface area contributed by atoms with Gasteiger partial charge >= 0.3 is 0 Å². The first-order valence-electron chi connectivity index (χ1n) is 9.77. The van der Waals surface area contributed by atoms with Gasteiger partial charge in [-0.05, 0) is 54.8 Å². The van der Waals surface area contributed by atoms with Gasteiger partial charge in [-0.2, -0.15) is 0 Å². The van der Waals surface area contributed by atoms with Crippen molar-refractivity contribution in [2.45, 2.75) is 32.9 Å². The van der Waals surface area contributed by atoms with Crippen LogP contribution in [-0.2, 0) is 13.1 Å². The first kappa shape index (κ1) is 19.7. The Balaban J connectivity index is 1.53. The Morgan fingerprint density at radius 1 is 1.19 bits per heavy atom. The average Bonchev–Trinajstić information content (AvgIpc) is 3.24. The monoisotopic (exact) mass is 386 g/mol. The van der Waals surface area contributed by atoms with Crippen molar-refractivity contribution in [2.75, 3.05) is 31.1 Å². The lowest BCUT2D eigenvalue weighted by Crippen LogP contribution is -2.36. The minimum Gasteiger partial charge on any atom is -0.396 e. The molecule has 146 valence electrons. The number of guanidine groups is 1. The number of hydrogen-bond acceptors (Lipinski definition) is 4. The normalized spacial score (nSPS) is 15.8. The Hall–Kier alpha value is -2.05. The van der Waals surface area contributed by atoms with Crippen LogP contribution in [0.3, 0.4) is 0 Å². The van der Waals surface area contributed by atoms with E-state index in [0.29, 0.717) is 19.1 Å². The van der Waals surface area contributed by atoms with Crippen LogP contribution in [0.15, 0.2) is 46.8 Å². The van der Waals surface area contributed by atoms with Gasteiger partial charge in [-0.15, -0.1) is 11.3 Å². The Kier molecular flexibility index (Phi) is 7.54. The Morgan fingerprint density at radius 2 is 1.96 bits per heavy atom. The fraction of sp³-hybridized carbons (Fsp3) is 0.476. The van der Waals surface area contributed by atoms with Crippen molar-refractivity contribution >= 4 is 23.0 Å². The van der Waals surface area contributed by atoms with E-state index in [1.807, 2.05) is 0 Å². The number of aliphatic hydroxyl groups is 1. The molecule has 6 heteroatoms. The fourth-order valence-corrected chi connectivity index (χ4v) is 3.93. The highest BCUT2D eigenvalue weighted by Gasteiger charge is 2.18. The predicted octanol–water partition coefficient (Wildman–Crippen LogP) is 3.21.